The number of hydrogen-bond donors (Lipinski definition) is 2. The molecule has 0 aromatic heterocycles. The van der Waals surface area contributed by atoms with Crippen LogP contribution in [0.1, 0.15) is 17.3 Å². The number of nitrogens with one attached hydrogen (secondary N) is 2. The largest absolute Gasteiger partial charge is 0.341 e. The van der Waals surface area contributed by atoms with Gasteiger partial charge < -0.3 is 10.6 Å². The summed E-state index contributed by atoms with van der Waals surface area (Å²) in [5, 5.41) is 5.21. The van der Waals surface area contributed by atoms with Gasteiger partial charge in [0.2, 0.25) is 15.7 Å². The summed E-state index contributed by atoms with van der Waals surface area (Å²) in [7, 11) is -4.72. The average Bonchev–Trinajstić information content (AvgIpc) is 2.56. The third kappa shape index (κ3) is 4.55. The van der Waals surface area contributed by atoms with Gasteiger partial charge in [0.05, 0.1) is 15.6 Å². The predicted molar refractivity (Wildman–Crippen MR) is 93.3 cm³/mol. The number of carbonyl (C=O) groups is 2. The van der Waals surface area contributed by atoms with Crippen LogP contribution < -0.4 is 10.6 Å². The van der Waals surface area contributed by atoms with E-state index in [9.17, 15) is 26.8 Å². The highest BCUT2D eigenvalue weighted by Gasteiger charge is 2.26. The van der Waals surface area contributed by atoms with Gasteiger partial charge in [-0.2, -0.15) is 8.78 Å². The number of hydrogen-bond acceptors (Lipinski definition) is 4. The van der Waals surface area contributed by atoms with E-state index in [0.29, 0.717) is 5.69 Å². The first-order chi connectivity index (χ1) is 12.1. The molecule has 10 heteroatoms. The molecule has 138 valence electrons. The fourth-order valence-corrected chi connectivity index (χ4v) is 2.94. The van der Waals surface area contributed by atoms with Crippen LogP contribution in [0, 0.1) is 0 Å². The molecule has 0 aliphatic heterocycles. The van der Waals surface area contributed by atoms with Gasteiger partial charge in [-0.1, -0.05) is 11.6 Å². The predicted octanol–water partition coefficient (Wildman–Crippen LogP) is 3.55. The summed E-state index contributed by atoms with van der Waals surface area (Å²) in [5.74, 6) is -4.43. The first-order valence-corrected chi connectivity index (χ1v) is 9.04. The molecule has 0 unspecified atom stereocenters. The Kier molecular flexibility index (Phi) is 5.94. The van der Waals surface area contributed by atoms with Crippen LogP contribution in [-0.2, 0) is 14.6 Å². The van der Waals surface area contributed by atoms with E-state index in [2.05, 4.69) is 10.6 Å². The molecule has 0 aliphatic carbocycles. The fraction of sp³-hybridized carbons (Fsp3) is 0.125. The van der Waals surface area contributed by atoms with Gasteiger partial charge in [0.1, 0.15) is 0 Å². The van der Waals surface area contributed by atoms with Crippen molar-refractivity contribution < 1.29 is 26.8 Å². The number of benzene rings is 2. The minimum absolute atomic E-state index is 0.0558. The Morgan fingerprint density at radius 2 is 1.65 bits per heavy atom. The van der Waals surface area contributed by atoms with Crippen molar-refractivity contribution in [2.24, 2.45) is 0 Å². The summed E-state index contributed by atoms with van der Waals surface area (Å²) in [4.78, 5) is 22.6. The summed E-state index contributed by atoms with van der Waals surface area (Å²) in [6.07, 6.45) is 0. The lowest BCUT2D eigenvalue weighted by Gasteiger charge is -2.10. The molecular weight excluding hydrogens is 390 g/mol. The average molecular weight is 403 g/mol. The molecule has 0 saturated carbocycles. The van der Waals surface area contributed by atoms with Crippen LogP contribution in [0.3, 0.4) is 0 Å². The van der Waals surface area contributed by atoms with E-state index >= 15 is 0 Å². The van der Waals surface area contributed by atoms with Gasteiger partial charge >= 0.3 is 5.76 Å². The smallest absolute Gasteiger partial charge is 0.326 e. The quantitative estimate of drug-likeness (QED) is 0.800. The second kappa shape index (κ2) is 7.79. The highest BCUT2D eigenvalue weighted by Crippen LogP contribution is 2.26. The minimum atomic E-state index is -4.72. The van der Waals surface area contributed by atoms with Gasteiger partial charge in [-0.15, -0.1) is 0 Å². The molecule has 0 atom stereocenters. The monoisotopic (exact) mass is 402 g/mol. The van der Waals surface area contributed by atoms with Gasteiger partial charge in [-0.05, 0) is 42.5 Å². The zero-order valence-electron chi connectivity index (χ0n) is 13.3. The lowest BCUT2D eigenvalue weighted by atomic mass is 10.2. The van der Waals surface area contributed by atoms with Gasteiger partial charge in [-0.3, -0.25) is 9.59 Å². The lowest BCUT2D eigenvalue weighted by Crippen LogP contribution is -2.14. The molecule has 6 nitrogen and oxygen atoms in total. The van der Waals surface area contributed by atoms with Crippen LogP contribution in [0.25, 0.3) is 0 Å². The summed E-state index contributed by atoms with van der Waals surface area (Å²) < 4.78 is 47.7. The van der Waals surface area contributed by atoms with Crippen molar-refractivity contribution >= 4 is 44.6 Å². The minimum Gasteiger partial charge on any atom is -0.326 e. The maximum atomic E-state index is 12.5. The Morgan fingerprint density at radius 1 is 1.04 bits per heavy atom. The van der Waals surface area contributed by atoms with Crippen LogP contribution in [0.4, 0.5) is 20.2 Å². The van der Waals surface area contributed by atoms with Crippen molar-refractivity contribution in [3.63, 3.8) is 0 Å². The Bertz CT molecular complexity index is 947. The molecule has 2 aromatic rings. The van der Waals surface area contributed by atoms with Gasteiger partial charge in [0.25, 0.3) is 5.91 Å². The van der Waals surface area contributed by atoms with Gasteiger partial charge in [-0.25, -0.2) is 8.42 Å². The summed E-state index contributed by atoms with van der Waals surface area (Å²) >= 11 is 6.04. The molecule has 0 bridgehead atoms. The molecular formula is C16H13ClF2N2O4S. The molecule has 2 amide bonds. The Balaban J connectivity index is 2.17. The standard InChI is InChI=1S/C16H13ClF2N2O4S/c1-9(22)20-11-4-7-14(13(17)8-11)21-15(23)10-2-5-12(6-3-10)26(24,25)16(18)19/h2-8,16H,1H3,(H,20,22)(H,21,23). The first-order valence-electron chi connectivity index (χ1n) is 7.12. The van der Waals surface area contributed by atoms with Crippen molar-refractivity contribution in [1.29, 1.82) is 0 Å². The van der Waals surface area contributed by atoms with E-state index in [1.807, 2.05) is 0 Å². The number of anilines is 2. The van der Waals surface area contributed by atoms with Crippen LogP contribution >= 0.6 is 11.6 Å². The maximum Gasteiger partial charge on any atom is 0.341 e. The number of carbonyl (C=O) groups excluding carboxylic acids is 2. The third-order valence-electron chi connectivity index (χ3n) is 3.22. The van der Waals surface area contributed by atoms with Crippen molar-refractivity contribution in [3.8, 4) is 0 Å². The highest BCUT2D eigenvalue weighted by molar-refractivity contribution is 7.91. The Morgan fingerprint density at radius 3 is 2.15 bits per heavy atom. The lowest BCUT2D eigenvalue weighted by molar-refractivity contribution is -0.114. The third-order valence-corrected chi connectivity index (χ3v) is 4.93. The maximum absolute atomic E-state index is 12.5. The Hall–Kier alpha value is -2.52. The first kappa shape index (κ1) is 19.8. The molecule has 0 fully saturated rings. The van der Waals surface area contributed by atoms with E-state index in [1.165, 1.54) is 25.1 Å². The molecule has 2 aromatic carbocycles. The van der Waals surface area contributed by atoms with Gasteiger partial charge in [0.15, 0.2) is 0 Å². The van der Waals surface area contributed by atoms with E-state index in [4.69, 9.17) is 11.6 Å². The molecule has 2 N–H and O–H groups in total. The summed E-state index contributed by atoms with van der Waals surface area (Å²) in [5.41, 5.74) is 0.761. The van der Waals surface area contributed by atoms with E-state index in [0.717, 1.165) is 24.3 Å². The molecule has 26 heavy (non-hydrogen) atoms. The zero-order valence-corrected chi connectivity index (χ0v) is 14.9. The SMILES string of the molecule is CC(=O)Nc1ccc(NC(=O)c2ccc(S(=O)(=O)C(F)F)cc2)c(Cl)c1. The van der Waals surface area contributed by atoms with Crippen molar-refractivity contribution in [1.82, 2.24) is 0 Å². The van der Waals surface area contributed by atoms with Crippen LogP contribution in [0.5, 0.6) is 0 Å². The molecule has 0 heterocycles. The molecule has 2 rings (SSSR count). The molecule has 0 spiro atoms. The molecule has 0 aliphatic rings. The normalized spacial score (nSPS) is 11.3. The van der Waals surface area contributed by atoms with Crippen LogP contribution in [-0.4, -0.2) is 26.0 Å². The fourth-order valence-electron chi connectivity index (χ4n) is 1.99. The second-order valence-electron chi connectivity index (χ2n) is 5.16. The van der Waals surface area contributed by atoms with Gasteiger partial charge in [0, 0.05) is 18.2 Å². The van der Waals surface area contributed by atoms with E-state index < -0.39 is 26.4 Å². The number of rotatable bonds is 5. The number of amides is 2. The summed E-state index contributed by atoms with van der Waals surface area (Å²) in [6, 6.07) is 8.53. The summed E-state index contributed by atoms with van der Waals surface area (Å²) in [6.45, 7) is 1.33. The second-order valence-corrected chi connectivity index (χ2v) is 7.48. The molecule has 0 radical (unpaired) electrons. The Labute approximate surface area is 153 Å². The van der Waals surface area contributed by atoms with Crippen molar-refractivity contribution in [3.05, 3.63) is 53.1 Å². The van der Waals surface area contributed by atoms with Crippen molar-refractivity contribution in [2.45, 2.75) is 17.6 Å². The van der Waals surface area contributed by atoms with Crippen LogP contribution in [0.2, 0.25) is 5.02 Å². The number of alkyl halides is 2. The number of sulfone groups is 1. The van der Waals surface area contributed by atoms with E-state index in [-0.39, 0.29) is 22.2 Å². The van der Waals surface area contributed by atoms with E-state index in [1.54, 1.807) is 0 Å². The molecule has 0 saturated heterocycles. The zero-order chi connectivity index (χ0) is 19.5. The highest BCUT2D eigenvalue weighted by atomic mass is 35.5. The number of halogens is 3. The topological polar surface area (TPSA) is 92.3 Å². The van der Waals surface area contributed by atoms with Crippen LogP contribution in [0.15, 0.2) is 47.4 Å². The van der Waals surface area contributed by atoms with Crippen molar-refractivity contribution in [2.75, 3.05) is 10.6 Å².